The van der Waals surface area contributed by atoms with Gasteiger partial charge in [-0.1, -0.05) is 17.7 Å². The maximum atomic E-state index is 14.2. The lowest BCUT2D eigenvalue weighted by Crippen LogP contribution is -2.28. The van der Waals surface area contributed by atoms with E-state index in [4.69, 9.17) is 16.3 Å². The molecule has 1 saturated heterocycles. The van der Waals surface area contributed by atoms with Crippen molar-refractivity contribution in [1.29, 1.82) is 0 Å². The van der Waals surface area contributed by atoms with Crippen LogP contribution in [0.15, 0.2) is 53.4 Å². The first kappa shape index (κ1) is 23.1. The summed E-state index contributed by atoms with van der Waals surface area (Å²) in [5.74, 6) is -0.216. The minimum Gasteiger partial charge on any atom is -0.494 e. The van der Waals surface area contributed by atoms with Crippen LogP contribution in [0.5, 0.6) is 5.75 Å². The van der Waals surface area contributed by atoms with Gasteiger partial charge in [0.15, 0.2) is 0 Å². The Hall–Kier alpha value is -3.03. The van der Waals surface area contributed by atoms with Gasteiger partial charge in [-0.15, -0.1) is 0 Å². The quantitative estimate of drug-likeness (QED) is 0.374. The second-order valence-corrected chi connectivity index (χ2v) is 8.96. The fourth-order valence-corrected chi connectivity index (χ4v) is 4.86. The fourth-order valence-electron chi connectivity index (χ4n) is 3.81. The molecule has 0 atom stereocenters. The minimum atomic E-state index is -0.551. The fraction of sp³-hybridized carbons (Fsp3) is 0.200. The van der Waals surface area contributed by atoms with Crippen LogP contribution in [0.1, 0.15) is 29.4 Å². The van der Waals surface area contributed by atoms with Gasteiger partial charge in [-0.25, -0.2) is 4.39 Å². The van der Waals surface area contributed by atoms with Crippen molar-refractivity contribution < 1.29 is 18.7 Å². The van der Waals surface area contributed by atoms with Crippen molar-refractivity contribution >= 4 is 40.6 Å². The first-order valence-corrected chi connectivity index (χ1v) is 11.6. The molecule has 0 bridgehead atoms. The summed E-state index contributed by atoms with van der Waals surface area (Å²) >= 11 is 6.92. The summed E-state index contributed by atoms with van der Waals surface area (Å²) in [4.78, 5) is 26.8. The smallest absolute Gasteiger partial charge is 0.293 e. The van der Waals surface area contributed by atoms with E-state index in [1.165, 1.54) is 18.2 Å². The summed E-state index contributed by atoms with van der Waals surface area (Å²) in [7, 11) is 0. The van der Waals surface area contributed by atoms with E-state index in [1.54, 1.807) is 6.08 Å². The molecule has 8 heteroatoms. The second kappa shape index (κ2) is 9.45. The van der Waals surface area contributed by atoms with E-state index in [-0.39, 0.29) is 17.1 Å². The van der Waals surface area contributed by atoms with Crippen LogP contribution in [-0.4, -0.2) is 27.2 Å². The largest absolute Gasteiger partial charge is 0.494 e. The third-order valence-corrected chi connectivity index (χ3v) is 6.68. The van der Waals surface area contributed by atoms with Crippen molar-refractivity contribution in [2.45, 2.75) is 27.3 Å². The number of ether oxygens (including phenoxy) is 1. The Bertz CT molecular complexity index is 1250. The standard InChI is InChI=1S/C25H22ClFN2O3S/c1-4-32-19-10-8-18(9-11-19)29-15(2)12-17(16(29)3)13-23-24(30)28(25(31)33-23)14-20-21(26)6-5-7-22(20)27/h5-13H,4,14H2,1-3H3/b23-13-. The van der Waals surface area contributed by atoms with Crippen molar-refractivity contribution in [3.63, 3.8) is 0 Å². The number of hydrogen-bond acceptors (Lipinski definition) is 4. The monoisotopic (exact) mass is 484 g/mol. The Morgan fingerprint density at radius 1 is 1.12 bits per heavy atom. The predicted octanol–water partition coefficient (Wildman–Crippen LogP) is 6.52. The number of nitrogens with zero attached hydrogens (tertiary/aromatic N) is 2. The molecule has 0 unspecified atom stereocenters. The number of aryl methyl sites for hydroxylation is 1. The van der Waals surface area contributed by atoms with Crippen LogP contribution in [0.2, 0.25) is 5.02 Å². The lowest BCUT2D eigenvalue weighted by atomic mass is 10.2. The molecule has 2 aromatic carbocycles. The maximum absolute atomic E-state index is 14.2. The van der Waals surface area contributed by atoms with Gasteiger partial charge >= 0.3 is 0 Å². The highest BCUT2D eigenvalue weighted by molar-refractivity contribution is 8.18. The average molecular weight is 485 g/mol. The summed E-state index contributed by atoms with van der Waals surface area (Å²) in [6.07, 6.45) is 1.71. The van der Waals surface area contributed by atoms with Crippen molar-refractivity contribution in [3.8, 4) is 11.4 Å². The number of thioether (sulfide) groups is 1. The highest BCUT2D eigenvalue weighted by Crippen LogP contribution is 2.36. The molecule has 0 radical (unpaired) electrons. The van der Waals surface area contributed by atoms with Crippen molar-refractivity contribution in [2.24, 2.45) is 0 Å². The van der Waals surface area contributed by atoms with Crippen molar-refractivity contribution in [3.05, 3.63) is 86.8 Å². The Labute approximate surface area is 200 Å². The van der Waals surface area contributed by atoms with Crippen LogP contribution in [0, 0.1) is 19.7 Å². The Balaban J connectivity index is 1.61. The van der Waals surface area contributed by atoms with Gasteiger partial charge in [0.25, 0.3) is 11.1 Å². The molecule has 1 aromatic heterocycles. The van der Waals surface area contributed by atoms with Crippen LogP contribution >= 0.6 is 23.4 Å². The number of benzene rings is 2. The molecule has 3 aromatic rings. The topological polar surface area (TPSA) is 51.5 Å². The predicted molar refractivity (Wildman–Crippen MR) is 129 cm³/mol. The molecular formula is C25H22ClFN2O3S. The molecule has 5 nitrogen and oxygen atoms in total. The minimum absolute atomic E-state index is 0.122. The van der Waals surface area contributed by atoms with Gasteiger partial charge in [0.1, 0.15) is 11.6 Å². The van der Waals surface area contributed by atoms with E-state index in [0.29, 0.717) is 11.5 Å². The molecule has 0 saturated carbocycles. The highest BCUT2D eigenvalue weighted by Gasteiger charge is 2.36. The van der Waals surface area contributed by atoms with E-state index in [2.05, 4.69) is 4.57 Å². The molecule has 1 aliphatic rings. The average Bonchev–Trinajstić information content (AvgIpc) is 3.20. The summed E-state index contributed by atoms with van der Waals surface area (Å²) in [5.41, 5.74) is 3.84. The molecule has 4 rings (SSSR count). The molecule has 33 heavy (non-hydrogen) atoms. The number of hydrogen-bond donors (Lipinski definition) is 0. The normalized spacial score (nSPS) is 15.1. The molecule has 0 N–H and O–H groups in total. The van der Waals surface area contributed by atoms with Crippen molar-refractivity contribution in [1.82, 2.24) is 9.47 Å². The Kier molecular flexibility index (Phi) is 6.63. The van der Waals surface area contributed by atoms with Crippen LogP contribution in [0.4, 0.5) is 9.18 Å². The zero-order valence-electron chi connectivity index (χ0n) is 18.4. The highest BCUT2D eigenvalue weighted by atomic mass is 35.5. The first-order chi connectivity index (χ1) is 15.8. The molecule has 1 aliphatic heterocycles. The van der Waals surface area contributed by atoms with Gasteiger partial charge in [-0.2, -0.15) is 0 Å². The van der Waals surface area contributed by atoms with Gasteiger partial charge in [-0.05, 0) is 86.6 Å². The second-order valence-electron chi connectivity index (χ2n) is 7.56. The third kappa shape index (κ3) is 4.56. The van der Waals surface area contributed by atoms with Crippen molar-refractivity contribution in [2.75, 3.05) is 6.61 Å². The summed E-state index contributed by atoms with van der Waals surface area (Å²) in [6.45, 7) is 6.26. The van der Waals surface area contributed by atoms with Gasteiger partial charge in [-0.3, -0.25) is 14.5 Å². The van der Waals surface area contributed by atoms with Crippen LogP contribution in [0.25, 0.3) is 11.8 Å². The lowest BCUT2D eigenvalue weighted by Gasteiger charge is -2.14. The number of imide groups is 1. The molecule has 0 aliphatic carbocycles. The summed E-state index contributed by atoms with van der Waals surface area (Å²) in [6, 6.07) is 14.0. The van der Waals surface area contributed by atoms with Gasteiger partial charge in [0.2, 0.25) is 0 Å². The summed E-state index contributed by atoms with van der Waals surface area (Å²) in [5, 5.41) is -0.275. The number of carbonyl (C=O) groups excluding carboxylic acids is 2. The first-order valence-electron chi connectivity index (χ1n) is 10.4. The van der Waals surface area contributed by atoms with Gasteiger partial charge < -0.3 is 9.30 Å². The van der Waals surface area contributed by atoms with Gasteiger partial charge in [0, 0.05) is 27.7 Å². The van der Waals surface area contributed by atoms with E-state index in [0.717, 1.165) is 45.1 Å². The number of carbonyl (C=O) groups is 2. The van der Waals surface area contributed by atoms with Crippen LogP contribution in [0.3, 0.4) is 0 Å². The van der Waals surface area contributed by atoms with Crippen LogP contribution < -0.4 is 4.74 Å². The SMILES string of the molecule is CCOc1ccc(-n2c(C)cc(/C=C3\SC(=O)N(Cc4c(F)cccc4Cl)C3=O)c2C)cc1. The number of rotatable bonds is 6. The molecule has 2 heterocycles. The molecule has 1 fully saturated rings. The Morgan fingerprint density at radius 3 is 2.52 bits per heavy atom. The van der Waals surface area contributed by atoms with E-state index in [9.17, 15) is 14.0 Å². The zero-order valence-corrected chi connectivity index (χ0v) is 20.0. The third-order valence-electron chi connectivity index (χ3n) is 5.41. The number of amides is 2. The molecule has 0 spiro atoms. The Morgan fingerprint density at radius 2 is 1.85 bits per heavy atom. The van der Waals surface area contributed by atoms with Crippen LogP contribution in [-0.2, 0) is 11.3 Å². The van der Waals surface area contributed by atoms with E-state index >= 15 is 0 Å². The van der Waals surface area contributed by atoms with E-state index in [1.807, 2.05) is 51.1 Å². The number of halogens is 2. The number of aromatic nitrogens is 1. The lowest BCUT2D eigenvalue weighted by molar-refractivity contribution is -0.123. The molecule has 170 valence electrons. The van der Waals surface area contributed by atoms with E-state index < -0.39 is 17.0 Å². The van der Waals surface area contributed by atoms with Gasteiger partial charge in [0.05, 0.1) is 18.1 Å². The molecule has 2 amide bonds. The zero-order chi connectivity index (χ0) is 23.7. The molecular weight excluding hydrogens is 463 g/mol. The maximum Gasteiger partial charge on any atom is 0.293 e. The summed E-state index contributed by atoms with van der Waals surface area (Å²) < 4.78 is 21.8.